The van der Waals surface area contributed by atoms with Gasteiger partial charge in [-0.05, 0) is 42.5 Å². The Kier molecular flexibility index (Phi) is 4.85. The van der Waals surface area contributed by atoms with Crippen molar-refractivity contribution >= 4 is 34.5 Å². The summed E-state index contributed by atoms with van der Waals surface area (Å²) < 4.78 is 0. The second-order valence-electron chi connectivity index (χ2n) is 6.06. The Bertz CT molecular complexity index is 735. The van der Waals surface area contributed by atoms with E-state index in [1.165, 1.54) is 11.3 Å². The maximum atomic E-state index is 12.6. The fourth-order valence-electron chi connectivity index (χ4n) is 2.85. The fraction of sp³-hybridized carbons (Fsp3) is 0.333. The largest absolute Gasteiger partial charge is 0.376 e. The second-order valence-corrected chi connectivity index (χ2v) is 7.00. The van der Waals surface area contributed by atoms with Gasteiger partial charge < -0.3 is 15.1 Å². The van der Waals surface area contributed by atoms with E-state index in [4.69, 9.17) is 0 Å². The van der Waals surface area contributed by atoms with E-state index in [0.717, 1.165) is 31.6 Å². The molecule has 1 aromatic carbocycles. The molecule has 0 radical (unpaired) electrons. The highest BCUT2D eigenvalue weighted by atomic mass is 32.1. The van der Waals surface area contributed by atoms with Crippen molar-refractivity contribution in [1.82, 2.24) is 4.90 Å². The van der Waals surface area contributed by atoms with Gasteiger partial charge in [-0.15, -0.1) is 11.3 Å². The summed E-state index contributed by atoms with van der Waals surface area (Å²) in [5.74, 6) is -0.122. The number of hydrogen-bond donors (Lipinski definition) is 1. The van der Waals surface area contributed by atoms with Crippen LogP contribution in [0.15, 0.2) is 35.7 Å². The summed E-state index contributed by atoms with van der Waals surface area (Å²) in [5, 5.41) is 4.81. The van der Waals surface area contributed by atoms with Crippen LogP contribution in [0, 0.1) is 0 Å². The van der Waals surface area contributed by atoms with Crippen LogP contribution in [-0.2, 0) is 0 Å². The number of likely N-dealkylation sites (tertiary alicyclic amines) is 1. The molecule has 0 spiro atoms. The average molecular weight is 343 g/mol. The number of nitrogens with one attached hydrogen (secondary N) is 1. The predicted molar refractivity (Wildman–Crippen MR) is 98.2 cm³/mol. The Morgan fingerprint density at radius 2 is 1.92 bits per heavy atom. The lowest BCUT2D eigenvalue weighted by Gasteiger charge is -2.20. The molecule has 1 aromatic heterocycles. The zero-order valence-corrected chi connectivity index (χ0v) is 14.7. The molecule has 2 amide bonds. The molecule has 1 aliphatic heterocycles. The summed E-state index contributed by atoms with van der Waals surface area (Å²) in [5.41, 5.74) is 2.14. The van der Waals surface area contributed by atoms with E-state index < -0.39 is 0 Å². The molecule has 1 N–H and O–H groups in total. The zero-order chi connectivity index (χ0) is 17.1. The lowest BCUT2D eigenvalue weighted by Crippen LogP contribution is -2.28. The van der Waals surface area contributed by atoms with Crippen LogP contribution in [-0.4, -0.2) is 43.9 Å². The quantitative estimate of drug-likeness (QED) is 0.927. The third-order valence-corrected chi connectivity index (χ3v) is 4.98. The number of thiophene rings is 1. The smallest absolute Gasteiger partial charge is 0.265 e. The van der Waals surface area contributed by atoms with Crippen LogP contribution < -0.4 is 10.2 Å². The van der Waals surface area contributed by atoms with Crippen molar-refractivity contribution in [3.63, 3.8) is 0 Å². The number of nitrogens with zero attached hydrogens (tertiary/aromatic N) is 2. The number of carbonyl (C=O) groups excluding carboxylic acids is 2. The van der Waals surface area contributed by atoms with Crippen molar-refractivity contribution in [2.24, 2.45) is 0 Å². The van der Waals surface area contributed by atoms with Gasteiger partial charge in [0.15, 0.2) is 0 Å². The van der Waals surface area contributed by atoms with Gasteiger partial charge in [0.05, 0.1) is 16.3 Å². The lowest BCUT2D eigenvalue weighted by molar-refractivity contribution is 0.0792. The summed E-state index contributed by atoms with van der Waals surface area (Å²) in [4.78, 5) is 29.4. The van der Waals surface area contributed by atoms with Crippen LogP contribution in [0.5, 0.6) is 0 Å². The van der Waals surface area contributed by atoms with Gasteiger partial charge in [-0.25, -0.2) is 0 Å². The molecule has 0 bridgehead atoms. The van der Waals surface area contributed by atoms with Gasteiger partial charge in [-0.3, -0.25) is 9.59 Å². The van der Waals surface area contributed by atoms with Crippen molar-refractivity contribution in [1.29, 1.82) is 0 Å². The molecule has 0 atom stereocenters. The topological polar surface area (TPSA) is 52.7 Å². The van der Waals surface area contributed by atoms with Crippen LogP contribution in [0.25, 0.3) is 0 Å². The molecule has 0 unspecified atom stereocenters. The molecular formula is C18H21N3O2S. The van der Waals surface area contributed by atoms with E-state index in [1.807, 2.05) is 47.5 Å². The van der Waals surface area contributed by atoms with E-state index in [1.54, 1.807) is 12.1 Å². The molecule has 3 rings (SSSR count). The van der Waals surface area contributed by atoms with Crippen molar-refractivity contribution in [3.8, 4) is 0 Å². The number of amides is 2. The van der Waals surface area contributed by atoms with Crippen LogP contribution >= 0.6 is 11.3 Å². The molecule has 24 heavy (non-hydrogen) atoms. The first-order valence-electron chi connectivity index (χ1n) is 8.02. The number of benzene rings is 1. The van der Waals surface area contributed by atoms with Gasteiger partial charge in [0.1, 0.15) is 0 Å². The molecular weight excluding hydrogens is 322 g/mol. The zero-order valence-electron chi connectivity index (χ0n) is 13.9. The average Bonchev–Trinajstić information content (AvgIpc) is 3.27. The van der Waals surface area contributed by atoms with Gasteiger partial charge >= 0.3 is 0 Å². The Morgan fingerprint density at radius 1 is 1.17 bits per heavy atom. The second kappa shape index (κ2) is 7.05. The van der Waals surface area contributed by atoms with E-state index in [2.05, 4.69) is 5.32 Å². The molecule has 0 aliphatic carbocycles. The van der Waals surface area contributed by atoms with Gasteiger partial charge in [-0.2, -0.15) is 0 Å². The minimum Gasteiger partial charge on any atom is -0.376 e. The third-order valence-electron chi connectivity index (χ3n) is 4.11. The maximum absolute atomic E-state index is 12.6. The molecule has 0 saturated carbocycles. The van der Waals surface area contributed by atoms with Gasteiger partial charge in [0.25, 0.3) is 11.8 Å². The van der Waals surface area contributed by atoms with Crippen molar-refractivity contribution < 1.29 is 9.59 Å². The van der Waals surface area contributed by atoms with Crippen molar-refractivity contribution in [3.05, 3.63) is 46.2 Å². The molecule has 1 fully saturated rings. The minimum absolute atomic E-state index is 0.0319. The normalized spacial score (nSPS) is 13.8. The fourth-order valence-corrected chi connectivity index (χ4v) is 3.47. The first-order valence-corrected chi connectivity index (χ1v) is 8.90. The summed E-state index contributed by atoms with van der Waals surface area (Å²) in [7, 11) is 3.83. The highest BCUT2D eigenvalue weighted by Gasteiger charge is 2.21. The first kappa shape index (κ1) is 16.5. The SMILES string of the molecule is CN(C)c1ccc(C(=O)N2CCCC2)cc1NC(=O)c1cccs1. The molecule has 2 aromatic rings. The highest BCUT2D eigenvalue weighted by molar-refractivity contribution is 7.12. The molecule has 1 aliphatic rings. The summed E-state index contributed by atoms with van der Waals surface area (Å²) in [6.07, 6.45) is 2.12. The van der Waals surface area contributed by atoms with Crippen LogP contribution in [0.2, 0.25) is 0 Å². The monoisotopic (exact) mass is 343 g/mol. The Hall–Kier alpha value is -2.34. The molecule has 5 nitrogen and oxygen atoms in total. The maximum Gasteiger partial charge on any atom is 0.265 e. The molecule has 126 valence electrons. The predicted octanol–water partition coefficient (Wildman–Crippen LogP) is 3.30. The van der Waals surface area contributed by atoms with Crippen molar-refractivity contribution in [2.45, 2.75) is 12.8 Å². The van der Waals surface area contributed by atoms with E-state index in [9.17, 15) is 9.59 Å². The minimum atomic E-state index is -0.154. The highest BCUT2D eigenvalue weighted by Crippen LogP contribution is 2.28. The Morgan fingerprint density at radius 3 is 2.54 bits per heavy atom. The molecule has 1 saturated heterocycles. The van der Waals surface area contributed by atoms with Gasteiger partial charge in [0, 0.05) is 32.7 Å². The number of hydrogen-bond acceptors (Lipinski definition) is 4. The number of carbonyl (C=O) groups is 2. The summed E-state index contributed by atoms with van der Waals surface area (Å²) in [6.45, 7) is 1.62. The van der Waals surface area contributed by atoms with E-state index in [-0.39, 0.29) is 11.8 Å². The number of anilines is 2. The van der Waals surface area contributed by atoms with Gasteiger partial charge in [-0.1, -0.05) is 6.07 Å². The van der Waals surface area contributed by atoms with Crippen LogP contribution in [0.3, 0.4) is 0 Å². The Labute approximate surface area is 145 Å². The van der Waals surface area contributed by atoms with Crippen LogP contribution in [0.1, 0.15) is 32.9 Å². The first-order chi connectivity index (χ1) is 11.6. The lowest BCUT2D eigenvalue weighted by atomic mass is 10.1. The standard InChI is InChI=1S/C18H21N3O2S/c1-20(2)15-8-7-13(18(23)21-9-3-4-10-21)12-14(15)19-17(22)16-6-5-11-24-16/h5-8,11-12H,3-4,9-10H2,1-2H3,(H,19,22). The van der Waals surface area contributed by atoms with Crippen molar-refractivity contribution in [2.75, 3.05) is 37.4 Å². The molecule has 6 heteroatoms. The Balaban J connectivity index is 1.88. The van der Waals surface area contributed by atoms with Crippen LogP contribution in [0.4, 0.5) is 11.4 Å². The van der Waals surface area contributed by atoms with Gasteiger partial charge in [0.2, 0.25) is 0 Å². The molecule has 2 heterocycles. The summed E-state index contributed by atoms with van der Waals surface area (Å²) >= 11 is 1.39. The van der Waals surface area contributed by atoms with E-state index in [0.29, 0.717) is 16.1 Å². The third kappa shape index (κ3) is 3.43. The number of rotatable bonds is 4. The summed E-state index contributed by atoms with van der Waals surface area (Å²) in [6, 6.07) is 9.12. The van der Waals surface area contributed by atoms with E-state index >= 15 is 0 Å².